The van der Waals surface area contributed by atoms with Gasteiger partial charge in [-0.2, -0.15) is 0 Å². The third-order valence-electron chi connectivity index (χ3n) is 3.49. The number of benzene rings is 2. The molecule has 1 heterocycles. The van der Waals surface area contributed by atoms with Gasteiger partial charge in [-0.05, 0) is 29.8 Å². The molecule has 0 saturated heterocycles. The second-order valence-electron chi connectivity index (χ2n) is 5.51. The molecule has 0 atom stereocenters. The van der Waals surface area contributed by atoms with Crippen LogP contribution in [0.15, 0.2) is 73.2 Å². The van der Waals surface area contributed by atoms with Crippen LogP contribution in [-0.2, 0) is 16.1 Å². The normalized spacial score (nSPS) is 10.1. The maximum atomic E-state index is 11.9. The van der Waals surface area contributed by atoms with Gasteiger partial charge in [0, 0.05) is 18.1 Å². The van der Waals surface area contributed by atoms with Crippen molar-refractivity contribution in [1.29, 1.82) is 0 Å². The van der Waals surface area contributed by atoms with Crippen molar-refractivity contribution in [2.45, 2.75) is 6.61 Å². The summed E-state index contributed by atoms with van der Waals surface area (Å²) in [6, 6.07) is 16.8. The fraction of sp³-hybridized carbons (Fsp3) is 0.100. The number of carbonyl (C=O) groups is 2. The van der Waals surface area contributed by atoms with Crippen molar-refractivity contribution in [3.63, 3.8) is 0 Å². The Morgan fingerprint density at radius 2 is 1.74 bits per heavy atom. The minimum absolute atomic E-state index is 0.0465. The van der Waals surface area contributed by atoms with E-state index in [1.807, 2.05) is 30.3 Å². The number of rotatable bonds is 7. The number of carbonyl (C=O) groups excluding carboxylic acids is 2. The van der Waals surface area contributed by atoms with Crippen molar-refractivity contribution < 1.29 is 19.1 Å². The first-order valence-corrected chi connectivity index (χ1v) is 8.20. The lowest BCUT2D eigenvalue weighted by molar-refractivity contribution is -0.119. The molecule has 0 unspecified atom stereocenters. The molecule has 0 bridgehead atoms. The van der Waals surface area contributed by atoms with Gasteiger partial charge in [0.15, 0.2) is 12.3 Å². The molecule has 0 aliphatic rings. The van der Waals surface area contributed by atoms with Crippen molar-refractivity contribution in [2.24, 2.45) is 0 Å². The maximum Gasteiger partial charge on any atom is 0.359 e. The van der Waals surface area contributed by atoms with Crippen LogP contribution in [0.3, 0.4) is 0 Å². The van der Waals surface area contributed by atoms with Crippen LogP contribution in [-0.4, -0.2) is 28.5 Å². The van der Waals surface area contributed by atoms with Gasteiger partial charge < -0.3 is 14.8 Å². The molecule has 0 aliphatic heterocycles. The Balaban J connectivity index is 1.45. The SMILES string of the molecule is O=C(COC(=O)c1cnccn1)Nc1ccc(OCc2ccccc2)cc1. The molecular weight excluding hydrogens is 346 g/mol. The highest BCUT2D eigenvalue weighted by molar-refractivity contribution is 5.94. The number of hydrogen-bond acceptors (Lipinski definition) is 6. The minimum atomic E-state index is -0.706. The predicted molar refractivity (Wildman–Crippen MR) is 98.2 cm³/mol. The average Bonchev–Trinajstić information content (AvgIpc) is 2.73. The lowest BCUT2D eigenvalue weighted by Gasteiger charge is -2.09. The molecule has 1 N–H and O–H groups in total. The number of nitrogens with zero attached hydrogens (tertiary/aromatic N) is 2. The highest BCUT2D eigenvalue weighted by Crippen LogP contribution is 2.17. The van der Waals surface area contributed by atoms with Crippen molar-refractivity contribution in [3.8, 4) is 5.75 Å². The minimum Gasteiger partial charge on any atom is -0.489 e. The third kappa shape index (κ3) is 5.64. The van der Waals surface area contributed by atoms with Gasteiger partial charge in [0.2, 0.25) is 0 Å². The van der Waals surface area contributed by atoms with E-state index in [1.165, 1.54) is 18.6 Å². The van der Waals surface area contributed by atoms with Crippen LogP contribution in [0.25, 0.3) is 0 Å². The van der Waals surface area contributed by atoms with Gasteiger partial charge in [-0.25, -0.2) is 9.78 Å². The molecule has 1 aromatic heterocycles. The third-order valence-corrected chi connectivity index (χ3v) is 3.49. The van der Waals surface area contributed by atoms with Gasteiger partial charge in [0.05, 0.1) is 6.20 Å². The number of amides is 1. The summed E-state index contributed by atoms with van der Waals surface area (Å²) < 4.78 is 10.6. The molecule has 0 fully saturated rings. The largest absolute Gasteiger partial charge is 0.489 e. The Morgan fingerprint density at radius 1 is 0.963 bits per heavy atom. The zero-order valence-corrected chi connectivity index (χ0v) is 14.4. The topological polar surface area (TPSA) is 90.4 Å². The van der Waals surface area contributed by atoms with Gasteiger partial charge in [0.1, 0.15) is 12.4 Å². The van der Waals surface area contributed by atoms with Crippen LogP contribution in [0.1, 0.15) is 16.1 Å². The summed E-state index contributed by atoms with van der Waals surface area (Å²) in [7, 11) is 0. The Hall–Kier alpha value is -3.74. The number of esters is 1. The van der Waals surface area contributed by atoms with Gasteiger partial charge in [-0.15, -0.1) is 0 Å². The summed E-state index contributed by atoms with van der Waals surface area (Å²) in [5.41, 5.74) is 1.69. The molecule has 0 saturated carbocycles. The van der Waals surface area contributed by atoms with E-state index >= 15 is 0 Å². The van der Waals surface area contributed by atoms with E-state index in [-0.39, 0.29) is 5.69 Å². The fourth-order valence-electron chi connectivity index (χ4n) is 2.18. The first-order valence-electron chi connectivity index (χ1n) is 8.20. The van der Waals surface area contributed by atoms with Crippen molar-refractivity contribution in [1.82, 2.24) is 9.97 Å². The highest BCUT2D eigenvalue weighted by atomic mass is 16.5. The molecule has 3 aromatic rings. The highest BCUT2D eigenvalue weighted by Gasteiger charge is 2.11. The second kappa shape index (κ2) is 9.10. The Kier molecular flexibility index (Phi) is 6.08. The van der Waals surface area contributed by atoms with Crippen LogP contribution in [0, 0.1) is 0 Å². The summed E-state index contributed by atoms with van der Waals surface area (Å²) in [5.74, 6) is -0.473. The van der Waals surface area contributed by atoms with E-state index in [4.69, 9.17) is 9.47 Å². The molecule has 136 valence electrons. The van der Waals surface area contributed by atoms with Crippen LogP contribution >= 0.6 is 0 Å². The Labute approximate surface area is 156 Å². The number of hydrogen-bond donors (Lipinski definition) is 1. The van der Waals surface area contributed by atoms with E-state index in [0.717, 1.165) is 5.56 Å². The standard InChI is InChI=1S/C20H17N3O4/c24-19(14-27-20(25)18-12-21-10-11-22-18)23-16-6-8-17(9-7-16)26-13-15-4-2-1-3-5-15/h1-12H,13-14H2,(H,23,24). The van der Waals surface area contributed by atoms with E-state index in [9.17, 15) is 9.59 Å². The van der Waals surface area contributed by atoms with Gasteiger partial charge in [-0.3, -0.25) is 9.78 Å². The Bertz CT molecular complexity index is 884. The number of anilines is 1. The molecule has 1 amide bonds. The predicted octanol–water partition coefficient (Wildman–Crippen LogP) is 2.85. The monoisotopic (exact) mass is 363 g/mol. The lowest BCUT2D eigenvalue weighted by Crippen LogP contribution is -2.21. The summed E-state index contributed by atoms with van der Waals surface area (Å²) in [6.45, 7) is 0.0482. The van der Waals surface area contributed by atoms with Crippen LogP contribution in [0.4, 0.5) is 5.69 Å². The fourth-order valence-corrected chi connectivity index (χ4v) is 2.18. The van der Waals surface area contributed by atoms with E-state index in [1.54, 1.807) is 24.3 Å². The second-order valence-corrected chi connectivity index (χ2v) is 5.51. The van der Waals surface area contributed by atoms with Gasteiger partial charge >= 0.3 is 5.97 Å². The average molecular weight is 363 g/mol. The van der Waals surface area contributed by atoms with E-state index in [0.29, 0.717) is 18.0 Å². The molecule has 0 aliphatic carbocycles. The number of ether oxygens (including phenoxy) is 2. The first kappa shape index (κ1) is 18.1. The molecule has 0 radical (unpaired) electrons. The van der Waals surface area contributed by atoms with Crippen LogP contribution in [0.2, 0.25) is 0 Å². The maximum absolute atomic E-state index is 11.9. The van der Waals surface area contributed by atoms with E-state index < -0.39 is 18.5 Å². The van der Waals surface area contributed by atoms with Gasteiger partial charge in [0.25, 0.3) is 5.91 Å². The summed E-state index contributed by atoms with van der Waals surface area (Å²) in [5, 5.41) is 2.64. The molecule has 0 spiro atoms. The smallest absolute Gasteiger partial charge is 0.359 e. The molecule has 3 rings (SSSR count). The van der Waals surface area contributed by atoms with Crippen molar-refractivity contribution >= 4 is 17.6 Å². The quantitative estimate of drug-likeness (QED) is 0.649. The molecule has 2 aromatic carbocycles. The molecular formula is C20H17N3O4. The molecule has 27 heavy (non-hydrogen) atoms. The lowest BCUT2D eigenvalue weighted by atomic mass is 10.2. The first-order chi connectivity index (χ1) is 13.2. The number of aromatic nitrogens is 2. The molecule has 7 nitrogen and oxygen atoms in total. The zero-order chi connectivity index (χ0) is 18.9. The van der Waals surface area contributed by atoms with Crippen LogP contribution in [0.5, 0.6) is 5.75 Å². The van der Waals surface area contributed by atoms with Gasteiger partial charge in [-0.1, -0.05) is 30.3 Å². The summed E-state index contributed by atoms with van der Waals surface area (Å²) in [4.78, 5) is 31.2. The zero-order valence-electron chi connectivity index (χ0n) is 14.4. The van der Waals surface area contributed by atoms with Crippen molar-refractivity contribution in [2.75, 3.05) is 11.9 Å². The van der Waals surface area contributed by atoms with E-state index in [2.05, 4.69) is 15.3 Å². The van der Waals surface area contributed by atoms with Crippen LogP contribution < -0.4 is 10.1 Å². The Morgan fingerprint density at radius 3 is 2.44 bits per heavy atom. The summed E-state index contributed by atoms with van der Waals surface area (Å²) >= 11 is 0. The summed E-state index contributed by atoms with van der Waals surface area (Å²) in [6.07, 6.45) is 4.09. The van der Waals surface area contributed by atoms with Crippen molar-refractivity contribution in [3.05, 3.63) is 84.4 Å². The number of nitrogens with one attached hydrogen (secondary N) is 1. The molecule has 7 heteroatoms.